The van der Waals surface area contributed by atoms with Gasteiger partial charge in [0.2, 0.25) is 0 Å². The first-order valence-corrected chi connectivity index (χ1v) is 22.0. The number of benzene rings is 1. The summed E-state index contributed by atoms with van der Waals surface area (Å²) in [5.74, 6) is -0.811. The molecule has 3 aromatic heterocycles. The first-order valence-electron chi connectivity index (χ1n) is 21.1. The van der Waals surface area contributed by atoms with Gasteiger partial charge in [-0.3, -0.25) is 24.5 Å². The number of hydrogen-bond donors (Lipinski definition) is 3. The minimum atomic E-state index is -0.992. The van der Waals surface area contributed by atoms with E-state index in [0.717, 1.165) is 89.8 Å². The van der Waals surface area contributed by atoms with Crippen molar-refractivity contribution in [1.29, 1.82) is 0 Å². The lowest BCUT2D eigenvalue weighted by molar-refractivity contribution is -0.155. The first kappa shape index (κ1) is 42.1. The molecule has 2 amide bonds. The van der Waals surface area contributed by atoms with Crippen LogP contribution >= 0.6 is 11.3 Å². The number of thiazole rings is 1. The molecule has 4 atom stereocenters. The molecule has 6 bridgehead atoms. The number of rotatable bonds is 5. The van der Waals surface area contributed by atoms with Gasteiger partial charge in [0.25, 0.3) is 5.91 Å². The lowest BCUT2D eigenvalue weighted by Crippen LogP contribution is -2.60. The molecule has 4 aromatic rings. The molecule has 8 rings (SSSR count). The van der Waals surface area contributed by atoms with Crippen LogP contribution in [-0.4, -0.2) is 126 Å². The minimum Gasteiger partial charge on any atom is -0.464 e. The Labute approximate surface area is 355 Å². The van der Waals surface area contributed by atoms with Crippen molar-refractivity contribution in [2.45, 2.75) is 97.1 Å². The number of nitrogens with one attached hydrogen (secondary N) is 3. The van der Waals surface area contributed by atoms with Crippen molar-refractivity contribution in [3.63, 3.8) is 0 Å². The second-order valence-electron chi connectivity index (χ2n) is 18.2. The molecule has 1 aromatic carbocycles. The van der Waals surface area contributed by atoms with Crippen molar-refractivity contribution < 1.29 is 33.3 Å². The number of amides is 2. The molecule has 0 aliphatic carbocycles. The Balaban J connectivity index is 1.21. The Hall–Kier alpha value is -4.61. The molecule has 60 heavy (non-hydrogen) atoms. The highest BCUT2D eigenvalue weighted by molar-refractivity contribution is 7.10. The summed E-state index contributed by atoms with van der Waals surface area (Å²) in [5, 5.41) is 7.90. The molecule has 3 N–H and O–H groups in total. The van der Waals surface area contributed by atoms with Gasteiger partial charge in [0.05, 0.1) is 65.9 Å². The number of morpholine rings is 1. The topological polar surface area (TPSA) is 163 Å². The van der Waals surface area contributed by atoms with Gasteiger partial charge in [-0.1, -0.05) is 19.9 Å². The third kappa shape index (κ3) is 9.17. The van der Waals surface area contributed by atoms with Gasteiger partial charge in [0.15, 0.2) is 0 Å². The second-order valence-corrected chi connectivity index (χ2v) is 19.2. The number of aromatic amines is 1. The monoisotopic (exact) mass is 842 g/mol. The van der Waals surface area contributed by atoms with Crippen molar-refractivity contribution in [3.8, 4) is 22.5 Å². The lowest BCUT2D eigenvalue weighted by Gasteiger charge is -2.44. The fourth-order valence-electron chi connectivity index (χ4n) is 8.64. The van der Waals surface area contributed by atoms with Gasteiger partial charge in [-0.15, -0.1) is 11.3 Å². The number of aromatic nitrogens is 3. The van der Waals surface area contributed by atoms with E-state index in [1.807, 2.05) is 18.5 Å². The van der Waals surface area contributed by atoms with E-state index in [9.17, 15) is 14.4 Å². The second kappa shape index (κ2) is 17.0. The number of methoxy groups -OCH3 is 1. The molecule has 0 saturated carbocycles. The SMILES string of the molecule is CO[C@@H](C)c1ncc(N2CCN3CCOC[C@@H]3C2)cc1-c1[nH]c2ccc3cc2c1CC(C)(C)COC(=O)[C@@H]1CCCN(N1)C(=O)[C@@H](NC(=O)OC(C)(C)C)Cc1nc-3cs1. The van der Waals surface area contributed by atoms with Crippen LogP contribution in [0.2, 0.25) is 0 Å². The van der Waals surface area contributed by atoms with E-state index < -0.39 is 35.2 Å². The number of hydrogen-bond acceptors (Lipinski definition) is 13. The number of piperazine rings is 1. The largest absolute Gasteiger partial charge is 0.464 e. The predicted octanol–water partition coefficient (Wildman–Crippen LogP) is 5.64. The van der Waals surface area contributed by atoms with Crippen LogP contribution in [0.1, 0.15) is 76.8 Å². The number of cyclic esters (lactones) is 1. The summed E-state index contributed by atoms with van der Waals surface area (Å²) in [7, 11) is 1.70. The molecule has 0 radical (unpaired) electrons. The van der Waals surface area contributed by atoms with Gasteiger partial charge < -0.3 is 34.1 Å². The van der Waals surface area contributed by atoms with Gasteiger partial charge in [-0.25, -0.2) is 15.2 Å². The van der Waals surface area contributed by atoms with Crippen molar-refractivity contribution in [2.75, 3.05) is 64.6 Å². The molecule has 4 aliphatic rings. The van der Waals surface area contributed by atoms with E-state index in [2.05, 4.69) is 63.6 Å². The number of carbonyl (C=O) groups is 3. The van der Waals surface area contributed by atoms with E-state index >= 15 is 0 Å². The molecule has 4 aliphatic heterocycles. The highest BCUT2D eigenvalue weighted by Gasteiger charge is 2.37. The van der Waals surface area contributed by atoms with Gasteiger partial charge in [-0.2, -0.15) is 0 Å². The Morgan fingerprint density at radius 3 is 2.77 bits per heavy atom. The number of alkyl carbamates (subject to hydrolysis) is 1. The summed E-state index contributed by atoms with van der Waals surface area (Å²) in [6, 6.07) is 7.15. The summed E-state index contributed by atoms with van der Waals surface area (Å²) in [5.41, 5.74) is 9.34. The Morgan fingerprint density at radius 2 is 1.97 bits per heavy atom. The maximum atomic E-state index is 14.1. The zero-order valence-electron chi connectivity index (χ0n) is 35.8. The van der Waals surface area contributed by atoms with Gasteiger partial charge in [-0.05, 0) is 70.7 Å². The van der Waals surface area contributed by atoms with Crippen LogP contribution in [-0.2, 0) is 41.4 Å². The third-order valence-corrected chi connectivity index (χ3v) is 12.7. The molecule has 0 unspecified atom stereocenters. The molecule has 7 heterocycles. The highest BCUT2D eigenvalue weighted by atomic mass is 32.1. The van der Waals surface area contributed by atoms with E-state index in [4.69, 9.17) is 28.9 Å². The molecule has 0 spiro atoms. The summed E-state index contributed by atoms with van der Waals surface area (Å²) in [6.45, 7) is 17.2. The maximum absolute atomic E-state index is 14.1. The fraction of sp³-hybridized carbons (Fsp3) is 0.568. The highest BCUT2D eigenvalue weighted by Crippen LogP contribution is 2.41. The van der Waals surface area contributed by atoms with Crippen molar-refractivity contribution >= 4 is 45.9 Å². The van der Waals surface area contributed by atoms with Crippen molar-refractivity contribution in [2.24, 2.45) is 5.41 Å². The van der Waals surface area contributed by atoms with E-state index in [0.29, 0.717) is 36.9 Å². The third-order valence-electron chi connectivity index (χ3n) is 11.8. The lowest BCUT2D eigenvalue weighted by atomic mass is 9.84. The summed E-state index contributed by atoms with van der Waals surface area (Å²) in [6.07, 6.45) is 2.78. The zero-order valence-corrected chi connectivity index (χ0v) is 36.6. The molecule has 16 heteroatoms. The van der Waals surface area contributed by atoms with Gasteiger partial charge in [0, 0.05) is 79.1 Å². The van der Waals surface area contributed by atoms with Crippen LogP contribution in [0, 0.1) is 5.41 Å². The number of H-pyrrole nitrogens is 1. The number of hydrazine groups is 1. The van der Waals surface area contributed by atoms with Crippen LogP contribution < -0.4 is 15.6 Å². The molecular formula is C44H58N8O7S. The molecule has 322 valence electrons. The Bertz CT molecular complexity index is 2230. The Kier molecular flexibility index (Phi) is 12.0. The number of esters is 1. The van der Waals surface area contributed by atoms with E-state index in [1.54, 1.807) is 27.9 Å². The normalized spacial score (nSPS) is 23.4. The smallest absolute Gasteiger partial charge is 0.408 e. The molecule has 3 saturated heterocycles. The van der Waals surface area contributed by atoms with Gasteiger partial charge >= 0.3 is 12.1 Å². The number of fused-ring (bicyclic) bond motifs is 7. The molecule has 3 fully saturated rings. The molecule has 15 nitrogen and oxygen atoms in total. The van der Waals surface area contributed by atoms with Crippen molar-refractivity contribution in [1.82, 2.24) is 35.6 Å². The average molecular weight is 843 g/mol. The van der Waals surface area contributed by atoms with Crippen molar-refractivity contribution in [3.05, 3.63) is 52.1 Å². The quantitative estimate of drug-likeness (QED) is 0.213. The first-order chi connectivity index (χ1) is 28.6. The van der Waals surface area contributed by atoms with E-state index in [-0.39, 0.29) is 25.0 Å². The summed E-state index contributed by atoms with van der Waals surface area (Å²) < 4.78 is 23.4. The van der Waals surface area contributed by atoms with Crippen LogP contribution in [0.25, 0.3) is 33.4 Å². The number of nitrogens with zero attached hydrogens (tertiary/aromatic N) is 5. The fourth-order valence-corrected chi connectivity index (χ4v) is 9.49. The van der Waals surface area contributed by atoms with Crippen LogP contribution in [0.15, 0.2) is 35.8 Å². The summed E-state index contributed by atoms with van der Waals surface area (Å²) in [4.78, 5) is 59.7. The Morgan fingerprint density at radius 1 is 1.13 bits per heavy atom. The van der Waals surface area contributed by atoms with Crippen LogP contribution in [0.4, 0.5) is 10.5 Å². The molecular weight excluding hydrogens is 785 g/mol. The number of carbonyl (C=O) groups excluding carboxylic acids is 3. The minimum absolute atomic E-state index is 0.138. The number of pyridine rings is 1. The predicted molar refractivity (Wildman–Crippen MR) is 230 cm³/mol. The van der Waals surface area contributed by atoms with Crippen LogP contribution in [0.3, 0.4) is 0 Å². The average Bonchev–Trinajstić information content (AvgIpc) is 3.84. The summed E-state index contributed by atoms with van der Waals surface area (Å²) >= 11 is 1.43. The van der Waals surface area contributed by atoms with Crippen LogP contribution in [0.5, 0.6) is 0 Å². The van der Waals surface area contributed by atoms with Gasteiger partial charge in [0.1, 0.15) is 17.7 Å². The maximum Gasteiger partial charge on any atom is 0.408 e. The standard InChI is InChI=1S/C44H58N8O7S/c1-26(56-7)38-31(18-28(21-45-38)51-14-13-50-15-16-57-23-29(50)22-51)39-32-20-44(5,6)25-58-41(54)34-9-8-12-52(49-34)40(53)35(48-42(55)59-43(2,3)4)19-37-46-36(24-60-37)27-10-11-33(47-39)30(32)17-27/h10-11,17-18,21,24,26,29,34-35,47,49H,8-9,12-16,19-20,22-23,25H2,1-7H3,(H,48,55)/t26-,29-,34-,35-/m0/s1. The number of anilines is 1. The number of ether oxygens (including phenoxy) is 4. The zero-order chi connectivity index (χ0) is 42.3. The van der Waals surface area contributed by atoms with E-state index in [1.165, 1.54) is 16.3 Å².